The van der Waals surface area contributed by atoms with Gasteiger partial charge in [-0.05, 0) is 13.0 Å². The Morgan fingerprint density at radius 2 is 2.33 bits per heavy atom. The lowest BCUT2D eigenvalue weighted by molar-refractivity contribution is -0.136. The summed E-state index contributed by atoms with van der Waals surface area (Å²) < 4.78 is 4.20. The van der Waals surface area contributed by atoms with Crippen LogP contribution in [0.1, 0.15) is 6.92 Å². The number of rotatable bonds is 2. The largest absolute Gasteiger partial charge is 0.502 e. The van der Waals surface area contributed by atoms with E-state index in [1.165, 1.54) is 13.0 Å². The van der Waals surface area contributed by atoms with Gasteiger partial charge in [0.05, 0.1) is 6.26 Å². The third-order valence-corrected chi connectivity index (χ3v) is 0.673. The minimum atomic E-state index is -0.785. The molecule has 0 aromatic heterocycles. The molecule has 3 nitrogen and oxygen atoms in total. The summed E-state index contributed by atoms with van der Waals surface area (Å²) in [7, 11) is 0. The van der Waals surface area contributed by atoms with E-state index in [9.17, 15) is 4.79 Å². The van der Waals surface area contributed by atoms with E-state index in [-0.39, 0.29) is 0 Å². The standard InChI is InChI=1S/C6H8O3/c1-3-5(7)6(8)9-4-2/h3-4,7H,2H2,1H3. The fraction of sp³-hybridized carbons (Fsp3) is 0.167. The minimum Gasteiger partial charge on any atom is -0.502 e. The van der Waals surface area contributed by atoms with Gasteiger partial charge in [0.2, 0.25) is 0 Å². The van der Waals surface area contributed by atoms with Crippen molar-refractivity contribution in [1.29, 1.82) is 0 Å². The van der Waals surface area contributed by atoms with E-state index in [1.54, 1.807) is 0 Å². The molecule has 0 fully saturated rings. The first kappa shape index (κ1) is 7.75. The Kier molecular flexibility index (Phi) is 3.20. The predicted molar refractivity (Wildman–Crippen MR) is 32.7 cm³/mol. The van der Waals surface area contributed by atoms with Crippen molar-refractivity contribution in [3.8, 4) is 0 Å². The molecule has 0 aromatic rings. The first-order valence-electron chi connectivity index (χ1n) is 2.39. The predicted octanol–water partition coefficient (Wildman–Crippen LogP) is 1.13. The molecule has 50 valence electrons. The number of carbonyl (C=O) groups excluding carboxylic acids is 1. The molecule has 0 unspecified atom stereocenters. The lowest BCUT2D eigenvalue weighted by Crippen LogP contribution is -2.01. The van der Waals surface area contributed by atoms with Crippen LogP contribution in [0.15, 0.2) is 24.7 Å². The van der Waals surface area contributed by atoms with E-state index in [2.05, 4.69) is 11.3 Å². The van der Waals surface area contributed by atoms with E-state index >= 15 is 0 Å². The van der Waals surface area contributed by atoms with Crippen molar-refractivity contribution in [2.24, 2.45) is 0 Å². The van der Waals surface area contributed by atoms with Crippen molar-refractivity contribution >= 4 is 5.97 Å². The average molecular weight is 128 g/mol. The van der Waals surface area contributed by atoms with Crippen LogP contribution in [-0.4, -0.2) is 11.1 Å². The highest BCUT2D eigenvalue weighted by Crippen LogP contribution is 1.91. The van der Waals surface area contributed by atoms with Crippen molar-refractivity contribution in [1.82, 2.24) is 0 Å². The number of esters is 1. The van der Waals surface area contributed by atoms with Crippen molar-refractivity contribution in [2.75, 3.05) is 0 Å². The summed E-state index contributed by atoms with van der Waals surface area (Å²) in [4.78, 5) is 10.4. The summed E-state index contributed by atoms with van der Waals surface area (Å²) in [5.74, 6) is -1.19. The highest BCUT2D eigenvalue weighted by atomic mass is 16.5. The molecule has 0 heterocycles. The highest BCUT2D eigenvalue weighted by molar-refractivity contribution is 5.85. The minimum absolute atomic E-state index is 0.408. The quantitative estimate of drug-likeness (QED) is 0.344. The number of ether oxygens (including phenoxy) is 1. The number of hydrogen-bond acceptors (Lipinski definition) is 3. The molecule has 0 aliphatic rings. The fourth-order valence-corrected chi connectivity index (χ4v) is 0.254. The van der Waals surface area contributed by atoms with Gasteiger partial charge < -0.3 is 9.84 Å². The van der Waals surface area contributed by atoms with E-state index in [0.717, 1.165) is 6.26 Å². The molecule has 0 saturated carbocycles. The van der Waals surface area contributed by atoms with Crippen LogP contribution in [0.5, 0.6) is 0 Å². The van der Waals surface area contributed by atoms with Gasteiger partial charge in [-0.2, -0.15) is 0 Å². The summed E-state index contributed by atoms with van der Waals surface area (Å²) in [5, 5.41) is 8.60. The van der Waals surface area contributed by atoms with E-state index in [1.807, 2.05) is 0 Å². The summed E-state index contributed by atoms with van der Waals surface area (Å²) in [5.41, 5.74) is 0. The van der Waals surface area contributed by atoms with Crippen LogP contribution in [0.25, 0.3) is 0 Å². The maximum atomic E-state index is 10.4. The summed E-state index contributed by atoms with van der Waals surface area (Å²) >= 11 is 0. The molecule has 0 radical (unpaired) electrons. The maximum Gasteiger partial charge on any atom is 0.377 e. The summed E-state index contributed by atoms with van der Waals surface area (Å²) in [6.45, 7) is 4.66. The normalized spacial score (nSPS) is 10.6. The number of hydrogen-bond donors (Lipinski definition) is 1. The molecule has 0 spiro atoms. The molecule has 1 N–H and O–H groups in total. The zero-order valence-corrected chi connectivity index (χ0v) is 5.13. The Morgan fingerprint density at radius 1 is 1.78 bits per heavy atom. The molecule has 0 rings (SSSR count). The summed E-state index contributed by atoms with van der Waals surface area (Å²) in [6, 6.07) is 0. The van der Waals surface area contributed by atoms with Gasteiger partial charge in [0, 0.05) is 0 Å². The van der Waals surface area contributed by atoms with Gasteiger partial charge in [-0.15, -0.1) is 0 Å². The molecule has 0 aliphatic carbocycles. The van der Waals surface area contributed by atoms with Crippen LogP contribution in [0, 0.1) is 0 Å². The van der Waals surface area contributed by atoms with Gasteiger partial charge in [0.25, 0.3) is 0 Å². The maximum absolute atomic E-state index is 10.4. The van der Waals surface area contributed by atoms with Gasteiger partial charge in [-0.1, -0.05) is 6.58 Å². The average Bonchev–Trinajstić information content (AvgIpc) is 1.87. The third kappa shape index (κ3) is 2.54. The number of allylic oxidation sites excluding steroid dienone is 1. The van der Waals surface area contributed by atoms with Crippen molar-refractivity contribution in [2.45, 2.75) is 6.92 Å². The molecule has 0 aromatic carbocycles. The van der Waals surface area contributed by atoms with E-state index < -0.39 is 11.7 Å². The first-order valence-corrected chi connectivity index (χ1v) is 2.39. The Bertz CT molecular complexity index is 146. The molecule has 0 aliphatic heterocycles. The van der Waals surface area contributed by atoms with Gasteiger partial charge in [0.1, 0.15) is 0 Å². The van der Waals surface area contributed by atoms with Crippen LogP contribution < -0.4 is 0 Å². The smallest absolute Gasteiger partial charge is 0.377 e. The molecule has 0 amide bonds. The van der Waals surface area contributed by atoms with Crippen LogP contribution in [0.2, 0.25) is 0 Å². The van der Waals surface area contributed by atoms with Crippen molar-refractivity contribution < 1.29 is 14.6 Å². The zero-order valence-electron chi connectivity index (χ0n) is 5.13. The topological polar surface area (TPSA) is 46.5 Å². The Morgan fingerprint density at radius 3 is 2.67 bits per heavy atom. The monoisotopic (exact) mass is 128 g/mol. The Balaban J connectivity index is 3.88. The van der Waals surface area contributed by atoms with Crippen LogP contribution >= 0.6 is 0 Å². The van der Waals surface area contributed by atoms with Crippen molar-refractivity contribution in [3.63, 3.8) is 0 Å². The molecule has 0 saturated heterocycles. The molecular formula is C6H8O3. The lowest BCUT2D eigenvalue weighted by Gasteiger charge is -1.93. The molecule has 0 bridgehead atoms. The Hall–Kier alpha value is -1.25. The van der Waals surface area contributed by atoms with Gasteiger partial charge in [-0.3, -0.25) is 0 Å². The number of carbonyl (C=O) groups is 1. The van der Waals surface area contributed by atoms with Gasteiger partial charge >= 0.3 is 5.97 Å². The molecular weight excluding hydrogens is 120 g/mol. The molecule has 9 heavy (non-hydrogen) atoms. The van der Waals surface area contributed by atoms with Crippen molar-refractivity contribution in [3.05, 3.63) is 24.7 Å². The van der Waals surface area contributed by atoms with Gasteiger partial charge in [-0.25, -0.2) is 4.79 Å². The third-order valence-electron chi connectivity index (χ3n) is 0.673. The number of aliphatic hydroxyl groups is 1. The van der Waals surface area contributed by atoms with Crippen LogP contribution in [0.3, 0.4) is 0 Å². The molecule has 3 heteroatoms. The lowest BCUT2D eigenvalue weighted by atomic mass is 10.5. The fourth-order valence-electron chi connectivity index (χ4n) is 0.254. The second-order valence-electron chi connectivity index (χ2n) is 1.25. The SMILES string of the molecule is C=COC(=O)C(O)=CC. The van der Waals surface area contributed by atoms with Crippen LogP contribution in [0.4, 0.5) is 0 Å². The first-order chi connectivity index (χ1) is 4.22. The summed E-state index contributed by atoms with van der Waals surface area (Å²) in [6.07, 6.45) is 2.20. The second-order valence-corrected chi connectivity index (χ2v) is 1.25. The number of aliphatic hydroxyl groups excluding tert-OH is 1. The molecule has 0 atom stereocenters. The van der Waals surface area contributed by atoms with E-state index in [0.29, 0.717) is 0 Å². The highest BCUT2D eigenvalue weighted by Gasteiger charge is 2.03. The second kappa shape index (κ2) is 3.72. The zero-order chi connectivity index (χ0) is 7.28. The van der Waals surface area contributed by atoms with Gasteiger partial charge in [0.15, 0.2) is 5.76 Å². The van der Waals surface area contributed by atoms with Crippen LogP contribution in [-0.2, 0) is 9.53 Å². The Labute approximate surface area is 53.3 Å². The van der Waals surface area contributed by atoms with E-state index in [4.69, 9.17) is 5.11 Å².